The number of rotatable bonds is 4. The Morgan fingerprint density at radius 1 is 1.10 bits per heavy atom. The van der Waals surface area contributed by atoms with Gasteiger partial charge in [0.15, 0.2) is 11.6 Å². The molecule has 1 aromatic carbocycles. The van der Waals surface area contributed by atoms with E-state index in [2.05, 4.69) is 30.0 Å². The quantitative estimate of drug-likeness (QED) is 0.738. The Hall–Kier alpha value is -3.12. The minimum atomic E-state index is -0.454. The van der Waals surface area contributed by atoms with Gasteiger partial charge in [-0.15, -0.1) is 0 Å². The molecular formula is C25H28FN3O2. The maximum atomic E-state index is 14.2. The van der Waals surface area contributed by atoms with E-state index in [1.54, 1.807) is 23.1 Å². The van der Waals surface area contributed by atoms with Gasteiger partial charge in [-0.1, -0.05) is 18.2 Å². The summed E-state index contributed by atoms with van der Waals surface area (Å²) in [5.41, 5.74) is 3.13. The second-order valence-electron chi connectivity index (χ2n) is 8.18. The highest BCUT2D eigenvalue weighted by molar-refractivity contribution is 5.99. The van der Waals surface area contributed by atoms with Crippen molar-refractivity contribution in [2.75, 3.05) is 34.3 Å². The van der Waals surface area contributed by atoms with Gasteiger partial charge in [0.05, 0.1) is 12.8 Å². The summed E-state index contributed by atoms with van der Waals surface area (Å²) in [6.07, 6.45) is 15.3. The zero-order chi connectivity index (χ0) is 22.0. The average molecular weight is 422 g/mol. The number of hydrogen-bond donors (Lipinski definition) is 0. The number of methoxy groups -OCH3 is 1. The van der Waals surface area contributed by atoms with Gasteiger partial charge in [-0.2, -0.15) is 0 Å². The van der Waals surface area contributed by atoms with Crippen molar-refractivity contribution in [3.05, 3.63) is 83.6 Å². The molecule has 0 spiro atoms. The van der Waals surface area contributed by atoms with Crippen molar-refractivity contribution in [2.45, 2.75) is 18.9 Å². The topological polar surface area (TPSA) is 36.0 Å². The average Bonchev–Trinajstić information content (AvgIpc) is 2.77. The van der Waals surface area contributed by atoms with Crippen LogP contribution in [0.4, 0.5) is 4.39 Å². The van der Waals surface area contributed by atoms with Crippen molar-refractivity contribution in [3.8, 4) is 5.75 Å². The summed E-state index contributed by atoms with van der Waals surface area (Å²) < 4.78 is 19.2. The van der Waals surface area contributed by atoms with Crippen LogP contribution in [0.3, 0.4) is 0 Å². The number of carbonyl (C=O) groups is 1. The molecule has 3 aliphatic rings. The third-order valence-corrected chi connectivity index (χ3v) is 6.07. The van der Waals surface area contributed by atoms with Gasteiger partial charge in [-0.3, -0.25) is 9.69 Å². The lowest BCUT2D eigenvalue weighted by Crippen LogP contribution is -2.42. The van der Waals surface area contributed by atoms with Crippen molar-refractivity contribution in [1.82, 2.24) is 14.7 Å². The second-order valence-corrected chi connectivity index (χ2v) is 8.18. The molecule has 0 atom stereocenters. The van der Waals surface area contributed by atoms with E-state index in [0.717, 1.165) is 37.3 Å². The Bertz CT molecular complexity index is 1010. The smallest absolute Gasteiger partial charge is 0.255 e. The fraction of sp³-hybridized carbons (Fsp3) is 0.320. The fourth-order valence-electron chi connectivity index (χ4n) is 4.18. The molecule has 6 heteroatoms. The van der Waals surface area contributed by atoms with Crippen LogP contribution in [0.5, 0.6) is 5.75 Å². The number of fused-ring (bicyclic) bond motifs is 1. The summed E-state index contributed by atoms with van der Waals surface area (Å²) in [7, 11) is 5.68. The minimum absolute atomic E-state index is 0.160. The molecule has 1 saturated heterocycles. The summed E-state index contributed by atoms with van der Waals surface area (Å²) in [6, 6.07) is 5.32. The first kappa shape index (κ1) is 21.1. The van der Waals surface area contributed by atoms with E-state index >= 15 is 0 Å². The van der Waals surface area contributed by atoms with Crippen LogP contribution in [0.1, 0.15) is 18.4 Å². The summed E-state index contributed by atoms with van der Waals surface area (Å²) in [5, 5.41) is 0. The number of allylic oxidation sites excluding steroid dienone is 6. The lowest BCUT2D eigenvalue weighted by atomic mass is 10.0. The molecule has 0 unspecified atom stereocenters. The van der Waals surface area contributed by atoms with Crippen LogP contribution in [0.2, 0.25) is 0 Å². The number of likely N-dealkylation sites (tertiary alicyclic amines) is 1. The van der Waals surface area contributed by atoms with Gasteiger partial charge < -0.3 is 14.5 Å². The van der Waals surface area contributed by atoms with Crippen LogP contribution in [0, 0.1) is 5.82 Å². The number of amides is 1. The van der Waals surface area contributed by atoms with E-state index in [1.807, 2.05) is 30.5 Å². The highest BCUT2D eigenvalue weighted by Crippen LogP contribution is 2.28. The molecule has 0 aromatic heterocycles. The van der Waals surface area contributed by atoms with Gasteiger partial charge in [0, 0.05) is 37.1 Å². The van der Waals surface area contributed by atoms with Gasteiger partial charge in [-0.25, -0.2) is 4.39 Å². The van der Waals surface area contributed by atoms with Crippen molar-refractivity contribution < 1.29 is 13.9 Å². The lowest BCUT2D eigenvalue weighted by Gasteiger charge is -2.38. The summed E-state index contributed by atoms with van der Waals surface area (Å²) >= 11 is 0. The van der Waals surface area contributed by atoms with Gasteiger partial charge in [0.25, 0.3) is 5.91 Å². The number of nitrogens with zero attached hydrogens (tertiary/aromatic N) is 3. The van der Waals surface area contributed by atoms with Crippen molar-refractivity contribution in [2.24, 2.45) is 0 Å². The third kappa shape index (κ3) is 4.49. The van der Waals surface area contributed by atoms with Crippen LogP contribution in [-0.4, -0.2) is 60.9 Å². The second kappa shape index (κ2) is 8.94. The van der Waals surface area contributed by atoms with E-state index in [9.17, 15) is 9.18 Å². The molecule has 0 bridgehead atoms. The summed E-state index contributed by atoms with van der Waals surface area (Å²) in [6.45, 7) is 1.93. The number of piperidine rings is 1. The first-order valence-corrected chi connectivity index (χ1v) is 10.5. The van der Waals surface area contributed by atoms with Crippen LogP contribution < -0.4 is 4.74 Å². The summed E-state index contributed by atoms with van der Waals surface area (Å²) in [5.74, 6) is -0.435. The largest absolute Gasteiger partial charge is 0.494 e. The Kier molecular flexibility index (Phi) is 6.09. The molecule has 0 N–H and O–H groups in total. The van der Waals surface area contributed by atoms with E-state index in [-0.39, 0.29) is 11.7 Å². The first-order valence-electron chi connectivity index (χ1n) is 10.5. The van der Waals surface area contributed by atoms with E-state index in [1.165, 1.54) is 13.2 Å². The molecule has 1 fully saturated rings. The summed E-state index contributed by atoms with van der Waals surface area (Å²) in [4.78, 5) is 19.4. The molecule has 31 heavy (non-hydrogen) atoms. The van der Waals surface area contributed by atoms with E-state index < -0.39 is 5.82 Å². The standard InChI is InChI=1S/C25H28FN3O2/c1-27(2)20-11-13-28(14-12-20)22-9-8-21-6-4-5-18(16-25(30)29(21)17-22)19-7-10-24(31-3)23(26)15-19/h4-10,15-17,20H,11-14H2,1-3H3/b5-4+,18-16+,21-6+. The van der Waals surface area contributed by atoms with Crippen molar-refractivity contribution in [3.63, 3.8) is 0 Å². The molecule has 5 nitrogen and oxygen atoms in total. The molecule has 162 valence electrons. The molecule has 1 amide bonds. The lowest BCUT2D eigenvalue weighted by molar-refractivity contribution is -0.122. The normalized spacial score (nSPS) is 23.9. The first-order chi connectivity index (χ1) is 15.0. The van der Waals surface area contributed by atoms with Gasteiger partial charge in [-0.05, 0) is 68.4 Å². The molecule has 1 aromatic rings. The van der Waals surface area contributed by atoms with Crippen molar-refractivity contribution in [1.29, 1.82) is 0 Å². The SMILES string of the molecule is COc1ccc(C2=C\C(=O)N3C=C(N4CCC(N(C)C)CC4)C=C\C3=C/C=C/2)cc1F. The number of hydrogen-bond acceptors (Lipinski definition) is 4. The number of benzene rings is 1. The molecule has 0 saturated carbocycles. The Morgan fingerprint density at radius 3 is 2.52 bits per heavy atom. The molecule has 3 heterocycles. The van der Waals surface area contributed by atoms with Crippen molar-refractivity contribution >= 4 is 11.5 Å². The van der Waals surface area contributed by atoms with E-state index in [0.29, 0.717) is 17.2 Å². The van der Waals surface area contributed by atoms with Crippen LogP contribution in [0.25, 0.3) is 5.57 Å². The zero-order valence-electron chi connectivity index (χ0n) is 18.2. The minimum Gasteiger partial charge on any atom is -0.494 e. The number of carbonyl (C=O) groups excluding carboxylic acids is 1. The predicted molar refractivity (Wildman–Crippen MR) is 121 cm³/mol. The zero-order valence-corrected chi connectivity index (χ0v) is 18.2. The van der Waals surface area contributed by atoms with Crippen LogP contribution >= 0.6 is 0 Å². The van der Waals surface area contributed by atoms with E-state index in [4.69, 9.17) is 4.74 Å². The monoisotopic (exact) mass is 421 g/mol. The van der Waals surface area contributed by atoms with Crippen LogP contribution in [0.15, 0.2) is 72.2 Å². The number of halogens is 1. The Balaban J connectivity index is 1.57. The Morgan fingerprint density at radius 2 is 1.84 bits per heavy atom. The molecule has 0 aliphatic carbocycles. The third-order valence-electron chi connectivity index (χ3n) is 6.07. The van der Waals surface area contributed by atoms with Crippen LogP contribution in [-0.2, 0) is 4.79 Å². The Labute approximate surface area is 183 Å². The molecule has 3 aliphatic heterocycles. The van der Waals surface area contributed by atoms with Gasteiger partial charge >= 0.3 is 0 Å². The highest BCUT2D eigenvalue weighted by Gasteiger charge is 2.25. The predicted octanol–water partition coefficient (Wildman–Crippen LogP) is 3.94. The maximum absolute atomic E-state index is 14.2. The molecule has 4 rings (SSSR count). The molecular weight excluding hydrogens is 393 g/mol. The maximum Gasteiger partial charge on any atom is 0.255 e. The van der Waals surface area contributed by atoms with Gasteiger partial charge in [0.2, 0.25) is 0 Å². The molecule has 0 radical (unpaired) electrons. The number of ether oxygens (including phenoxy) is 1. The van der Waals surface area contributed by atoms with Gasteiger partial charge in [0.1, 0.15) is 0 Å². The fourth-order valence-corrected chi connectivity index (χ4v) is 4.18. The highest BCUT2D eigenvalue weighted by atomic mass is 19.1.